The first-order valence-electron chi connectivity index (χ1n) is 11.0. The largest absolute Gasteiger partial charge is 0.497 e. The summed E-state index contributed by atoms with van der Waals surface area (Å²) in [7, 11) is 1.49. The van der Waals surface area contributed by atoms with Gasteiger partial charge in [0, 0.05) is 17.7 Å². The van der Waals surface area contributed by atoms with E-state index in [4.69, 9.17) is 4.74 Å². The van der Waals surface area contributed by atoms with E-state index in [9.17, 15) is 37.1 Å². The van der Waals surface area contributed by atoms with E-state index in [1.54, 1.807) is 31.2 Å². The molecule has 206 valence electrons. The molecule has 1 amide bonds. The zero-order valence-electron chi connectivity index (χ0n) is 20.6. The topological polar surface area (TPSA) is 128 Å². The molecule has 0 aliphatic heterocycles. The molecule has 38 heavy (non-hydrogen) atoms. The molecule has 9 nitrogen and oxygen atoms in total. The van der Waals surface area contributed by atoms with Crippen molar-refractivity contribution < 1.29 is 46.6 Å². The average molecular weight is 557 g/mol. The van der Waals surface area contributed by atoms with Gasteiger partial charge in [0.15, 0.2) is 11.6 Å². The number of methoxy groups -OCH3 is 1. The number of carbonyl (C=O) groups is 5. The van der Waals surface area contributed by atoms with Crippen LogP contribution in [0.3, 0.4) is 0 Å². The maximum atomic E-state index is 12.8. The van der Waals surface area contributed by atoms with Crippen molar-refractivity contribution in [1.29, 1.82) is 0 Å². The number of esters is 1. The number of carbonyl (C=O) groups excluding carboxylic acids is 5. The fraction of sp³-hybridized carbons (Fsp3) is 0.320. The van der Waals surface area contributed by atoms with E-state index >= 15 is 0 Å². The van der Waals surface area contributed by atoms with Gasteiger partial charge in [0.05, 0.1) is 31.0 Å². The van der Waals surface area contributed by atoms with E-state index in [2.05, 4.69) is 21.9 Å². The molecule has 2 N–H and O–H groups in total. The average Bonchev–Trinajstić information content (AvgIpc) is 3.43. The maximum Gasteiger partial charge on any atom is 0.450 e. The number of anilines is 1. The summed E-state index contributed by atoms with van der Waals surface area (Å²) in [5.74, 6) is -5.79. The molecule has 0 bridgehead atoms. The summed E-state index contributed by atoms with van der Waals surface area (Å²) >= 11 is 0.920. The van der Waals surface area contributed by atoms with E-state index in [1.807, 2.05) is 0 Å². The van der Waals surface area contributed by atoms with Gasteiger partial charge in [0.25, 0.3) is 0 Å². The summed E-state index contributed by atoms with van der Waals surface area (Å²) in [6.45, 7) is 5.16. The predicted molar refractivity (Wildman–Crippen MR) is 134 cm³/mol. The van der Waals surface area contributed by atoms with Crippen molar-refractivity contribution in [3.8, 4) is 5.75 Å². The van der Waals surface area contributed by atoms with E-state index in [0.717, 1.165) is 11.3 Å². The van der Waals surface area contributed by atoms with Crippen LogP contribution in [-0.4, -0.2) is 62.7 Å². The molecule has 0 radical (unpaired) electrons. The summed E-state index contributed by atoms with van der Waals surface area (Å²) in [6.07, 6.45) is -5.46. The van der Waals surface area contributed by atoms with Crippen molar-refractivity contribution in [2.45, 2.75) is 19.5 Å². The maximum absolute atomic E-state index is 12.8. The highest BCUT2D eigenvalue weighted by atomic mass is 32.1. The highest BCUT2D eigenvalue weighted by molar-refractivity contribution is 7.12. The van der Waals surface area contributed by atoms with Crippen molar-refractivity contribution in [1.82, 2.24) is 5.32 Å². The molecule has 1 aromatic carbocycles. The predicted octanol–water partition coefficient (Wildman–Crippen LogP) is 3.61. The number of ether oxygens (including phenoxy) is 2. The Balaban J connectivity index is 0.000000554. The monoisotopic (exact) mass is 556 g/mol. The van der Waals surface area contributed by atoms with Gasteiger partial charge in [0.1, 0.15) is 12.4 Å². The number of alkyl halides is 3. The van der Waals surface area contributed by atoms with Crippen molar-refractivity contribution in [2.75, 3.05) is 32.1 Å². The van der Waals surface area contributed by atoms with Crippen LogP contribution in [0.4, 0.5) is 18.9 Å². The number of thiophene rings is 1. The molecule has 1 aromatic heterocycles. The number of halogens is 3. The third-order valence-electron chi connectivity index (χ3n) is 4.60. The third-order valence-corrected chi connectivity index (χ3v) is 5.48. The van der Waals surface area contributed by atoms with Gasteiger partial charge >= 0.3 is 12.1 Å². The molecule has 0 saturated carbocycles. The minimum absolute atomic E-state index is 0.00788. The summed E-state index contributed by atoms with van der Waals surface area (Å²) in [4.78, 5) is 56.4. The lowest BCUT2D eigenvalue weighted by Gasteiger charge is -2.15. The minimum atomic E-state index is -5.19. The second kappa shape index (κ2) is 16.0. The van der Waals surface area contributed by atoms with Crippen LogP contribution >= 0.6 is 11.3 Å². The molecule has 0 aliphatic rings. The van der Waals surface area contributed by atoms with Gasteiger partial charge in [0.2, 0.25) is 12.2 Å². The minimum Gasteiger partial charge on any atom is -0.497 e. The molecule has 2 aromatic rings. The lowest BCUT2D eigenvalue weighted by Crippen LogP contribution is -2.37. The second-order valence-electron chi connectivity index (χ2n) is 7.57. The van der Waals surface area contributed by atoms with Gasteiger partial charge in [-0.05, 0) is 42.6 Å². The van der Waals surface area contributed by atoms with Crippen molar-refractivity contribution in [2.24, 2.45) is 5.92 Å². The zero-order valence-corrected chi connectivity index (χ0v) is 21.4. The van der Waals surface area contributed by atoms with Crippen LogP contribution in [0.15, 0.2) is 53.9 Å². The van der Waals surface area contributed by atoms with Crippen LogP contribution < -0.4 is 15.4 Å². The van der Waals surface area contributed by atoms with Crippen LogP contribution in [0.2, 0.25) is 0 Å². The Bertz CT molecular complexity index is 1100. The van der Waals surface area contributed by atoms with Crippen LogP contribution in [-0.2, 0) is 23.9 Å². The summed E-state index contributed by atoms with van der Waals surface area (Å²) < 4.78 is 48.1. The Labute approximate surface area is 221 Å². The molecule has 1 heterocycles. The molecule has 0 spiro atoms. The Hall–Kier alpha value is -4.00. The fourth-order valence-corrected chi connectivity index (χ4v) is 3.41. The normalized spacial score (nSPS) is 11.2. The Kier molecular flexibility index (Phi) is 13.5. The highest BCUT2D eigenvalue weighted by Gasteiger charge is 2.47. The SMILES string of the molecule is C=C(C)C(=O)OCCNC=O.COc1ccc(NCC(=O)CC(C(=O)c2cccs2)C(=O)C(F)(F)F)cc1. The lowest BCUT2D eigenvalue weighted by atomic mass is 9.91. The van der Waals surface area contributed by atoms with Crippen LogP contribution in [0.25, 0.3) is 0 Å². The molecule has 0 saturated heterocycles. The van der Waals surface area contributed by atoms with Crippen LogP contribution in [0, 0.1) is 5.92 Å². The van der Waals surface area contributed by atoms with Crippen LogP contribution in [0.5, 0.6) is 5.75 Å². The Morgan fingerprint density at radius 1 is 1.13 bits per heavy atom. The van der Waals surface area contributed by atoms with E-state index < -0.39 is 41.8 Å². The molecule has 0 aliphatic carbocycles. The first-order valence-corrected chi connectivity index (χ1v) is 11.9. The standard InChI is InChI=1S/C18H16F3NO4S.C7H11NO3/c1-26-13-6-4-11(5-7-13)22-10-12(23)9-14(17(25)18(19,20)21)16(24)15-3-2-8-27-15;1-6(2)7(10)11-4-3-8-5-9/h2-8,14,22H,9-10H2,1H3;5H,1,3-4H2,2H3,(H,8,9). The number of nitrogens with one attached hydrogen (secondary N) is 2. The van der Waals surface area contributed by atoms with Gasteiger partial charge in [-0.1, -0.05) is 12.6 Å². The first kappa shape index (κ1) is 32.0. The van der Waals surface area contributed by atoms with Gasteiger partial charge in [-0.15, -0.1) is 11.3 Å². The molecule has 1 unspecified atom stereocenters. The molecule has 13 heteroatoms. The van der Waals surface area contributed by atoms with Gasteiger partial charge < -0.3 is 20.1 Å². The van der Waals surface area contributed by atoms with Crippen molar-refractivity contribution >= 4 is 46.8 Å². The summed E-state index contributed by atoms with van der Waals surface area (Å²) in [6, 6.07) is 9.35. The van der Waals surface area contributed by atoms with Gasteiger partial charge in [-0.2, -0.15) is 13.2 Å². The molecular formula is C25H27F3N2O7S. The Morgan fingerprint density at radius 2 is 1.79 bits per heavy atom. The quantitative estimate of drug-likeness (QED) is 0.0902. The number of ketones is 3. The number of Topliss-reactive ketones (excluding diaryl/α,β-unsaturated/α-hetero) is 3. The van der Waals surface area contributed by atoms with Crippen molar-refractivity contribution in [3.63, 3.8) is 0 Å². The number of benzene rings is 1. The second-order valence-corrected chi connectivity index (χ2v) is 8.52. The highest BCUT2D eigenvalue weighted by Crippen LogP contribution is 2.27. The van der Waals surface area contributed by atoms with Gasteiger partial charge in [-0.3, -0.25) is 19.2 Å². The van der Waals surface area contributed by atoms with E-state index in [-0.39, 0.29) is 18.0 Å². The zero-order chi connectivity index (χ0) is 28.7. The number of hydrogen-bond donors (Lipinski definition) is 2. The first-order chi connectivity index (χ1) is 17.9. The smallest absolute Gasteiger partial charge is 0.450 e. The lowest BCUT2D eigenvalue weighted by molar-refractivity contribution is -0.174. The summed E-state index contributed by atoms with van der Waals surface area (Å²) in [5.41, 5.74) is 0.906. The molecule has 0 fully saturated rings. The summed E-state index contributed by atoms with van der Waals surface area (Å²) in [5, 5.41) is 6.61. The number of rotatable bonds is 14. The number of amides is 1. The van der Waals surface area contributed by atoms with E-state index in [0.29, 0.717) is 30.0 Å². The molecular weight excluding hydrogens is 529 g/mol. The van der Waals surface area contributed by atoms with Gasteiger partial charge in [-0.25, -0.2) is 4.79 Å². The molecule has 2 rings (SSSR count). The number of hydrogen-bond acceptors (Lipinski definition) is 9. The van der Waals surface area contributed by atoms with Crippen molar-refractivity contribution in [3.05, 3.63) is 58.8 Å². The Morgan fingerprint density at radius 3 is 2.29 bits per heavy atom. The third kappa shape index (κ3) is 11.4. The van der Waals surface area contributed by atoms with E-state index in [1.165, 1.54) is 24.6 Å². The fourth-order valence-electron chi connectivity index (χ4n) is 2.69. The van der Waals surface area contributed by atoms with Crippen LogP contribution in [0.1, 0.15) is 23.0 Å². The molecule has 1 atom stereocenters.